The summed E-state index contributed by atoms with van der Waals surface area (Å²) < 4.78 is 51.0. The van der Waals surface area contributed by atoms with Gasteiger partial charge in [-0.15, -0.1) is 0 Å². The number of alkyl halides is 3. The van der Waals surface area contributed by atoms with Crippen LogP contribution in [0.1, 0.15) is 42.9 Å². The minimum atomic E-state index is -4.10. The zero-order chi connectivity index (χ0) is 14.9. The summed E-state index contributed by atoms with van der Waals surface area (Å²) in [5.41, 5.74) is 7.77. The van der Waals surface area contributed by atoms with Crippen LogP contribution in [0.5, 0.6) is 0 Å². The van der Waals surface area contributed by atoms with Crippen molar-refractivity contribution in [1.29, 1.82) is 0 Å². The molecule has 0 aromatic heterocycles. The fourth-order valence-corrected chi connectivity index (χ4v) is 3.07. The molecule has 0 amide bonds. The van der Waals surface area contributed by atoms with Crippen LogP contribution in [0, 0.1) is 24.6 Å². The maximum atomic E-state index is 13.1. The number of benzene rings is 1. The first-order chi connectivity index (χ1) is 9.29. The zero-order valence-electron chi connectivity index (χ0n) is 11.4. The van der Waals surface area contributed by atoms with E-state index < -0.39 is 12.1 Å². The highest BCUT2D eigenvalue weighted by molar-refractivity contribution is 5.29. The molecule has 1 fully saturated rings. The Morgan fingerprint density at radius 3 is 2.25 bits per heavy atom. The second-order valence-corrected chi connectivity index (χ2v) is 5.68. The Morgan fingerprint density at radius 2 is 1.75 bits per heavy atom. The van der Waals surface area contributed by atoms with Crippen LogP contribution in [-0.2, 0) is 0 Å². The molecule has 2 rings (SSSR count). The largest absolute Gasteiger partial charge is 0.391 e. The molecule has 112 valence electrons. The summed E-state index contributed by atoms with van der Waals surface area (Å²) in [4.78, 5) is 0. The second kappa shape index (κ2) is 5.72. The van der Waals surface area contributed by atoms with Gasteiger partial charge in [0.25, 0.3) is 0 Å². The monoisotopic (exact) mass is 289 g/mol. The van der Waals surface area contributed by atoms with Crippen LogP contribution in [0.25, 0.3) is 0 Å². The van der Waals surface area contributed by atoms with Crippen molar-refractivity contribution in [2.24, 2.45) is 17.6 Å². The van der Waals surface area contributed by atoms with E-state index in [0.29, 0.717) is 12.8 Å². The summed E-state index contributed by atoms with van der Waals surface area (Å²) in [7, 11) is 0. The maximum absolute atomic E-state index is 13.1. The van der Waals surface area contributed by atoms with Crippen molar-refractivity contribution in [3.8, 4) is 0 Å². The van der Waals surface area contributed by atoms with Crippen LogP contribution in [0.3, 0.4) is 0 Å². The molecule has 1 aliphatic carbocycles. The van der Waals surface area contributed by atoms with Gasteiger partial charge in [0.2, 0.25) is 0 Å². The highest BCUT2D eigenvalue weighted by Gasteiger charge is 2.42. The van der Waals surface area contributed by atoms with E-state index in [1.807, 2.05) is 0 Å². The zero-order valence-corrected chi connectivity index (χ0v) is 11.4. The minimum Gasteiger partial charge on any atom is -0.324 e. The first-order valence-corrected chi connectivity index (χ1v) is 6.87. The van der Waals surface area contributed by atoms with Crippen LogP contribution in [-0.4, -0.2) is 6.18 Å². The molecule has 0 aliphatic heterocycles. The average molecular weight is 289 g/mol. The van der Waals surface area contributed by atoms with Crippen molar-refractivity contribution >= 4 is 0 Å². The van der Waals surface area contributed by atoms with Gasteiger partial charge in [-0.3, -0.25) is 0 Å². The molecular formula is C15H19F4N. The fraction of sp³-hybridized carbons (Fsp3) is 0.600. The van der Waals surface area contributed by atoms with Crippen molar-refractivity contribution in [2.75, 3.05) is 0 Å². The van der Waals surface area contributed by atoms with Gasteiger partial charge < -0.3 is 5.73 Å². The molecule has 1 saturated carbocycles. The van der Waals surface area contributed by atoms with Gasteiger partial charge in [0.15, 0.2) is 0 Å². The molecule has 2 N–H and O–H groups in total. The topological polar surface area (TPSA) is 26.0 Å². The lowest BCUT2D eigenvalue weighted by Gasteiger charge is -2.33. The molecule has 0 radical (unpaired) electrons. The van der Waals surface area contributed by atoms with E-state index in [-0.39, 0.29) is 30.6 Å². The summed E-state index contributed by atoms with van der Waals surface area (Å²) in [5.74, 6) is -1.47. The predicted molar refractivity (Wildman–Crippen MR) is 69.6 cm³/mol. The fourth-order valence-electron chi connectivity index (χ4n) is 3.07. The highest BCUT2D eigenvalue weighted by atomic mass is 19.4. The standard InChI is InChI=1S/C15H19F4N/c1-9-8-12(16)6-7-13(9)14(20)10-2-4-11(5-3-10)15(17,18)19/h6-8,10-11,14H,2-5,20H2,1H3. The van der Waals surface area contributed by atoms with E-state index in [4.69, 9.17) is 5.73 Å². The van der Waals surface area contributed by atoms with Gasteiger partial charge in [-0.1, -0.05) is 6.07 Å². The number of nitrogens with two attached hydrogens (primary N) is 1. The molecule has 1 nitrogen and oxygen atoms in total. The molecule has 1 aliphatic rings. The molecule has 20 heavy (non-hydrogen) atoms. The first kappa shape index (κ1) is 15.3. The Morgan fingerprint density at radius 1 is 1.15 bits per heavy atom. The summed E-state index contributed by atoms with van der Waals surface area (Å²) in [6, 6.07) is 4.09. The summed E-state index contributed by atoms with van der Waals surface area (Å²) >= 11 is 0. The molecule has 1 unspecified atom stereocenters. The van der Waals surface area contributed by atoms with Gasteiger partial charge >= 0.3 is 6.18 Å². The normalized spacial score (nSPS) is 25.5. The Balaban J connectivity index is 2.03. The van der Waals surface area contributed by atoms with Crippen molar-refractivity contribution in [3.05, 3.63) is 35.1 Å². The first-order valence-electron chi connectivity index (χ1n) is 6.87. The van der Waals surface area contributed by atoms with Crippen LogP contribution in [0.15, 0.2) is 18.2 Å². The van der Waals surface area contributed by atoms with Crippen LogP contribution in [0.2, 0.25) is 0 Å². The lowest BCUT2D eigenvalue weighted by Crippen LogP contribution is -2.32. The van der Waals surface area contributed by atoms with Gasteiger partial charge in [0, 0.05) is 6.04 Å². The van der Waals surface area contributed by atoms with Gasteiger partial charge in [-0.25, -0.2) is 4.39 Å². The van der Waals surface area contributed by atoms with Crippen molar-refractivity contribution < 1.29 is 17.6 Å². The SMILES string of the molecule is Cc1cc(F)ccc1C(N)C1CCC(C(F)(F)F)CC1. The predicted octanol–water partition coefficient (Wildman–Crippen LogP) is 4.50. The van der Waals surface area contributed by atoms with E-state index in [2.05, 4.69) is 0 Å². The Kier molecular flexibility index (Phi) is 4.37. The van der Waals surface area contributed by atoms with E-state index in [1.54, 1.807) is 13.0 Å². The van der Waals surface area contributed by atoms with Crippen LogP contribution in [0.4, 0.5) is 17.6 Å². The van der Waals surface area contributed by atoms with Gasteiger partial charge in [0.05, 0.1) is 5.92 Å². The Bertz CT molecular complexity index is 461. The van der Waals surface area contributed by atoms with Gasteiger partial charge in [0.1, 0.15) is 5.82 Å². The molecule has 0 spiro atoms. The summed E-state index contributed by atoms with van der Waals surface area (Å²) in [6.07, 6.45) is -2.87. The lowest BCUT2D eigenvalue weighted by molar-refractivity contribution is -0.184. The number of aryl methyl sites for hydroxylation is 1. The molecule has 1 aromatic rings. The van der Waals surface area contributed by atoms with Crippen molar-refractivity contribution in [1.82, 2.24) is 0 Å². The summed E-state index contributed by atoms with van der Waals surface area (Å²) in [6.45, 7) is 1.78. The van der Waals surface area contributed by atoms with Gasteiger partial charge in [-0.05, 0) is 61.8 Å². The second-order valence-electron chi connectivity index (χ2n) is 5.68. The maximum Gasteiger partial charge on any atom is 0.391 e. The molecule has 1 aromatic carbocycles. The quantitative estimate of drug-likeness (QED) is 0.797. The molecule has 1 atom stereocenters. The lowest BCUT2D eigenvalue weighted by atomic mass is 9.76. The molecule has 0 saturated heterocycles. The molecule has 0 bridgehead atoms. The molecule has 5 heteroatoms. The van der Waals surface area contributed by atoms with E-state index >= 15 is 0 Å². The third kappa shape index (κ3) is 3.32. The molecule has 0 heterocycles. The molecular weight excluding hydrogens is 270 g/mol. The number of rotatable bonds is 2. The smallest absolute Gasteiger partial charge is 0.324 e. The minimum absolute atomic E-state index is 0.0396. The number of hydrogen-bond acceptors (Lipinski definition) is 1. The van der Waals surface area contributed by atoms with Crippen LogP contribution < -0.4 is 5.73 Å². The van der Waals surface area contributed by atoms with E-state index in [1.165, 1.54) is 12.1 Å². The number of hydrogen-bond donors (Lipinski definition) is 1. The van der Waals surface area contributed by atoms with Gasteiger partial charge in [-0.2, -0.15) is 13.2 Å². The van der Waals surface area contributed by atoms with E-state index in [0.717, 1.165) is 11.1 Å². The van der Waals surface area contributed by atoms with E-state index in [9.17, 15) is 17.6 Å². The summed E-state index contributed by atoms with van der Waals surface area (Å²) in [5, 5.41) is 0. The number of halogens is 4. The van der Waals surface area contributed by atoms with Crippen LogP contribution >= 0.6 is 0 Å². The Hall–Kier alpha value is -1.10. The Labute approximate surface area is 116 Å². The van der Waals surface area contributed by atoms with Crippen molar-refractivity contribution in [3.63, 3.8) is 0 Å². The average Bonchev–Trinajstić information content (AvgIpc) is 2.37. The third-order valence-corrected chi connectivity index (χ3v) is 4.33. The highest BCUT2D eigenvalue weighted by Crippen LogP contribution is 2.42. The van der Waals surface area contributed by atoms with Crippen molar-refractivity contribution in [2.45, 2.75) is 44.8 Å². The third-order valence-electron chi connectivity index (χ3n) is 4.33.